The Hall–Kier alpha value is -2.39. The summed E-state index contributed by atoms with van der Waals surface area (Å²) in [5.74, 6) is -1.41. The number of carbonyl (C=O) groups excluding carboxylic acids is 2. The third-order valence-electron chi connectivity index (χ3n) is 3.56. The summed E-state index contributed by atoms with van der Waals surface area (Å²) in [6, 6.07) is 9.91. The van der Waals surface area contributed by atoms with E-state index in [1.165, 1.54) is 31.0 Å². The van der Waals surface area contributed by atoms with Gasteiger partial charge in [-0.15, -0.1) is 11.8 Å². The number of amides is 1. The second kappa shape index (κ2) is 8.81. The Morgan fingerprint density at radius 1 is 1.23 bits per heavy atom. The fourth-order valence-corrected chi connectivity index (χ4v) is 2.95. The van der Waals surface area contributed by atoms with Crippen LogP contribution in [0.15, 0.2) is 51.8 Å². The number of hydrogen-bond donors (Lipinski definition) is 1. The summed E-state index contributed by atoms with van der Waals surface area (Å²) in [5.41, 5.74) is 0.0460. The van der Waals surface area contributed by atoms with E-state index in [4.69, 9.17) is 4.74 Å². The topological polar surface area (TPSA) is 98.5 Å². The van der Waals surface area contributed by atoms with E-state index in [0.717, 1.165) is 4.47 Å². The van der Waals surface area contributed by atoms with Crippen molar-refractivity contribution in [3.63, 3.8) is 0 Å². The summed E-state index contributed by atoms with van der Waals surface area (Å²) >= 11 is 4.65. The maximum absolute atomic E-state index is 12.7. The second-order valence-electron chi connectivity index (χ2n) is 5.12. The summed E-state index contributed by atoms with van der Waals surface area (Å²) in [4.78, 5) is 36.1. The van der Waals surface area contributed by atoms with Gasteiger partial charge >= 0.3 is 5.97 Å². The summed E-state index contributed by atoms with van der Waals surface area (Å²) in [5, 5.41) is 13.8. The van der Waals surface area contributed by atoms with Crippen LogP contribution in [0.4, 0.5) is 5.69 Å². The Labute approximate surface area is 162 Å². The minimum absolute atomic E-state index is 0.118. The molecule has 0 bridgehead atoms. The smallest absolute Gasteiger partial charge is 0.333 e. The number of hydrogen-bond acceptors (Lipinski definition) is 6. The zero-order valence-corrected chi connectivity index (χ0v) is 16.3. The molecule has 0 saturated carbocycles. The molecule has 0 aliphatic rings. The lowest BCUT2D eigenvalue weighted by atomic mass is 10.1. The van der Waals surface area contributed by atoms with Gasteiger partial charge in [-0.25, -0.2) is 4.79 Å². The molecule has 0 aromatic heterocycles. The van der Waals surface area contributed by atoms with Crippen molar-refractivity contribution in [2.24, 2.45) is 0 Å². The van der Waals surface area contributed by atoms with Crippen molar-refractivity contribution in [2.45, 2.75) is 10.9 Å². The van der Waals surface area contributed by atoms with Crippen molar-refractivity contribution in [1.29, 1.82) is 0 Å². The molecule has 9 heteroatoms. The van der Waals surface area contributed by atoms with E-state index in [2.05, 4.69) is 21.2 Å². The highest BCUT2D eigenvalue weighted by Crippen LogP contribution is 2.26. The van der Waals surface area contributed by atoms with Gasteiger partial charge in [0, 0.05) is 15.4 Å². The maximum Gasteiger partial charge on any atom is 0.333 e. The molecule has 1 unspecified atom stereocenters. The van der Waals surface area contributed by atoms with Gasteiger partial charge in [0.05, 0.1) is 12.0 Å². The Balaban J connectivity index is 2.39. The molecule has 0 aliphatic heterocycles. The molecule has 7 nitrogen and oxygen atoms in total. The first-order valence-electron chi connectivity index (χ1n) is 7.34. The number of halogens is 1. The SMILES string of the molecule is COC(=O)C(NC(=O)c1cc(SC)ccc1[N+](=O)[O-])c1ccc(Br)cc1. The fraction of sp³-hybridized carbons (Fsp3) is 0.176. The summed E-state index contributed by atoms with van der Waals surface area (Å²) in [7, 11) is 1.21. The lowest BCUT2D eigenvalue weighted by Crippen LogP contribution is -2.34. The molecule has 26 heavy (non-hydrogen) atoms. The molecule has 0 spiro atoms. The molecular weight excluding hydrogens is 424 g/mol. The molecule has 2 aromatic rings. The van der Waals surface area contributed by atoms with Crippen LogP contribution in [0.3, 0.4) is 0 Å². The van der Waals surface area contributed by atoms with E-state index < -0.39 is 22.8 Å². The number of benzene rings is 2. The number of carbonyl (C=O) groups is 2. The maximum atomic E-state index is 12.7. The Kier molecular flexibility index (Phi) is 6.76. The van der Waals surface area contributed by atoms with Crippen LogP contribution in [0.25, 0.3) is 0 Å². The number of nitro groups is 1. The van der Waals surface area contributed by atoms with Gasteiger partial charge in [-0.1, -0.05) is 28.1 Å². The molecule has 1 N–H and O–H groups in total. The standard InChI is InChI=1S/C17H15BrN2O5S/c1-25-17(22)15(10-3-5-11(18)6-4-10)19-16(21)13-9-12(26-2)7-8-14(13)20(23)24/h3-9,15H,1-2H3,(H,19,21). The number of nitro benzene ring substituents is 1. The molecule has 1 atom stereocenters. The van der Waals surface area contributed by atoms with Crippen LogP contribution in [-0.4, -0.2) is 30.2 Å². The highest BCUT2D eigenvalue weighted by atomic mass is 79.9. The highest BCUT2D eigenvalue weighted by molar-refractivity contribution is 9.10. The molecule has 2 rings (SSSR count). The van der Waals surface area contributed by atoms with E-state index in [0.29, 0.717) is 10.5 Å². The van der Waals surface area contributed by atoms with Gasteiger partial charge in [0.25, 0.3) is 11.6 Å². The van der Waals surface area contributed by atoms with E-state index in [-0.39, 0.29) is 11.3 Å². The van der Waals surface area contributed by atoms with Crippen molar-refractivity contribution in [3.8, 4) is 0 Å². The third-order valence-corrected chi connectivity index (χ3v) is 4.81. The van der Waals surface area contributed by atoms with E-state index in [1.807, 2.05) is 0 Å². The van der Waals surface area contributed by atoms with Crippen LogP contribution < -0.4 is 5.32 Å². The molecule has 0 aliphatic carbocycles. The number of nitrogens with zero attached hydrogens (tertiary/aromatic N) is 1. The van der Waals surface area contributed by atoms with Crippen LogP contribution in [0.5, 0.6) is 0 Å². The van der Waals surface area contributed by atoms with Crippen molar-refractivity contribution >= 4 is 45.3 Å². The van der Waals surface area contributed by atoms with Gasteiger partial charge in [0.15, 0.2) is 6.04 Å². The molecule has 0 heterocycles. The highest BCUT2D eigenvalue weighted by Gasteiger charge is 2.28. The zero-order chi connectivity index (χ0) is 19.3. The fourth-order valence-electron chi connectivity index (χ4n) is 2.24. The normalized spacial score (nSPS) is 11.5. The van der Waals surface area contributed by atoms with Gasteiger partial charge in [-0.05, 0) is 36.1 Å². The molecule has 0 saturated heterocycles. The predicted molar refractivity (Wildman–Crippen MR) is 101 cm³/mol. The van der Waals surface area contributed by atoms with Crippen molar-refractivity contribution in [2.75, 3.05) is 13.4 Å². The van der Waals surface area contributed by atoms with Gasteiger partial charge in [-0.2, -0.15) is 0 Å². The van der Waals surface area contributed by atoms with Gasteiger partial charge in [0.2, 0.25) is 0 Å². The van der Waals surface area contributed by atoms with Crippen molar-refractivity contribution in [1.82, 2.24) is 5.32 Å². The average molecular weight is 439 g/mol. The van der Waals surface area contributed by atoms with Crippen LogP contribution in [0, 0.1) is 10.1 Å². The van der Waals surface area contributed by atoms with E-state index in [1.54, 1.807) is 36.6 Å². The summed E-state index contributed by atoms with van der Waals surface area (Å²) < 4.78 is 5.56. The van der Waals surface area contributed by atoms with Crippen molar-refractivity contribution < 1.29 is 19.2 Å². The van der Waals surface area contributed by atoms with Crippen LogP contribution in [0.1, 0.15) is 22.0 Å². The monoisotopic (exact) mass is 438 g/mol. The Morgan fingerprint density at radius 3 is 2.42 bits per heavy atom. The lowest BCUT2D eigenvalue weighted by molar-refractivity contribution is -0.385. The number of methoxy groups -OCH3 is 1. The summed E-state index contributed by atoms with van der Waals surface area (Å²) in [6.45, 7) is 0. The molecule has 1 amide bonds. The summed E-state index contributed by atoms with van der Waals surface area (Å²) in [6.07, 6.45) is 1.79. The zero-order valence-electron chi connectivity index (χ0n) is 13.9. The van der Waals surface area contributed by atoms with Crippen LogP contribution >= 0.6 is 27.7 Å². The quantitative estimate of drug-likeness (QED) is 0.319. The second-order valence-corrected chi connectivity index (χ2v) is 6.92. The van der Waals surface area contributed by atoms with Crippen molar-refractivity contribution in [3.05, 3.63) is 68.2 Å². The minimum Gasteiger partial charge on any atom is -0.467 e. The molecule has 2 aromatic carbocycles. The molecule has 0 radical (unpaired) electrons. The molecule has 0 fully saturated rings. The van der Waals surface area contributed by atoms with E-state index in [9.17, 15) is 19.7 Å². The van der Waals surface area contributed by atoms with Crippen LogP contribution in [-0.2, 0) is 9.53 Å². The van der Waals surface area contributed by atoms with Gasteiger partial charge < -0.3 is 10.1 Å². The van der Waals surface area contributed by atoms with Gasteiger partial charge in [-0.3, -0.25) is 14.9 Å². The van der Waals surface area contributed by atoms with Gasteiger partial charge in [0.1, 0.15) is 5.56 Å². The molecule has 136 valence electrons. The first-order chi connectivity index (χ1) is 12.4. The average Bonchev–Trinajstić information content (AvgIpc) is 2.65. The number of nitrogens with one attached hydrogen (secondary N) is 1. The third kappa shape index (κ3) is 4.61. The molecular formula is C17H15BrN2O5S. The Bertz CT molecular complexity index is 842. The number of rotatable bonds is 6. The van der Waals surface area contributed by atoms with Crippen LogP contribution in [0.2, 0.25) is 0 Å². The number of esters is 1. The first kappa shape index (κ1) is 19.9. The lowest BCUT2D eigenvalue weighted by Gasteiger charge is -2.17. The van der Waals surface area contributed by atoms with E-state index >= 15 is 0 Å². The first-order valence-corrected chi connectivity index (χ1v) is 9.35. The minimum atomic E-state index is -1.09. The predicted octanol–water partition coefficient (Wildman–Crippen LogP) is 3.72. The Morgan fingerprint density at radius 2 is 1.88 bits per heavy atom. The number of thioether (sulfide) groups is 1. The largest absolute Gasteiger partial charge is 0.467 e. The number of ether oxygens (including phenoxy) is 1.